The molecule has 0 aromatic heterocycles. The Bertz CT molecular complexity index is 256. The van der Waals surface area contributed by atoms with E-state index in [2.05, 4.69) is 30.3 Å². The van der Waals surface area contributed by atoms with Gasteiger partial charge in [-0.05, 0) is 36.8 Å². The average molecular weight is 212 g/mol. The van der Waals surface area contributed by atoms with Gasteiger partial charge in [0.05, 0.1) is 0 Å². The largest absolute Gasteiger partial charge is 0.330 e. The van der Waals surface area contributed by atoms with Crippen LogP contribution in [0.5, 0.6) is 0 Å². The second-order valence-corrected chi connectivity index (χ2v) is 3.94. The summed E-state index contributed by atoms with van der Waals surface area (Å²) >= 11 is 0. The molecule has 0 spiro atoms. The topological polar surface area (TPSA) is 26.0 Å². The Morgan fingerprint density at radius 3 is 2.29 bits per heavy atom. The quantitative estimate of drug-likeness (QED) is 0.818. The predicted molar refractivity (Wildman–Crippen MR) is 62.8 cm³/mol. The molecule has 2 N–H and O–H groups in total. The lowest BCUT2D eigenvalue weighted by Gasteiger charge is -2.33. The van der Waals surface area contributed by atoms with Gasteiger partial charge in [0.1, 0.15) is 0 Å². The average Bonchev–Trinajstić information content (AvgIpc) is 2.12. The molecule has 1 aliphatic carbocycles. The van der Waals surface area contributed by atoms with Gasteiger partial charge < -0.3 is 5.73 Å². The van der Waals surface area contributed by atoms with Crippen LogP contribution in [0.1, 0.15) is 30.7 Å². The Hall–Kier alpha value is -0.530. The van der Waals surface area contributed by atoms with Crippen molar-refractivity contribution >= 4 is 12.4 Å². The summed E-state index contributed by atoms with van der Waals surface area (Å²) in [6.07, 6.45) is 4.14. The molecule has 0 heterocycles. The minimum absolute atomic E-state index is 0. The lowest BCUT2D eigenvalue weighted by Crippen LogP contribution is -2.26. The normalized spacial score (nSPS) is 18.1. The van der Waals surface area contributed by atoms with E-state index in [1.165, 1.54) is 24.8 Å². The van der Waals surface area contributed by atoms with E-state index in [-0.39, 0.29) is 12.4 Å². The Kier molecular flexibility index (Phi) is 4.43. The first-order valence-corrected chi connectivity index (χ1v) is 5.17. The zero-order chi connectivity index (χ0) is 9.10. The molecular formula is C12H18ClN. The summed E-state index contributed by atoms with van der Waals surface area (Å²) in [5.74, 6) is 1.46. The van der Waals surface area contributed by atoms with Crippen molar-refractivity contribution in [3.63, 3.8) is 0 Å². The molecule has 0 saturated heterocycles. The number of benzene rings is 1. The van der Waals surface area contributed by atoms with Gasteiger partial charge in [-0.2, -0.15) is 0 Å². The molecule has 0 radical (unpaired) electrons. The second-order valence-electron chi connectivity index (χ2n) is 3.94. The molecule has 1 aliphatic rings. The molecule has 1 nitrogen and oxygen atoms in total. The Morgan fingerprint density at radius 1 is 1.21 bits per heavy atom. The van der Waals surface area contributed by atoms with Gasteiger partial charge in [0.25, 0.3) is 0 Å². The summed E-state index contributed by atoms with van der Waals surface area (Å²) in [5.41, 5.74) is 7.24. The summed E-state index contributed by atoms with van der Waals surface area (Å²) < 4.78 is 0. The standard InChI is InChI=1S/C12H17N.ClH/c13-9-12(11-7-4-8-11)10-5-2-1-3-6-10;/h1-3,5-6,11-12H,4,7-9,13H2;1H. The molecule has 1 fully saturated rings. The highest BCUT2D eigenvalue weighted by atomic mass is 35.5. The molecule has 0 aliphatic heterocycles. The van der Waals surface area contributed by atoms with Crippen molar-refractivity contribution in [2.24, 2.45) is 11.7 Å². The molecular weight excluding hydrogens is 194 g/mol. The van der Waals surface area contributed by atoms with Crippen LogP contribution in [0, 0.1) is 5.92 Å². The van der Waals surface area contributed by atoms with E-state index in [9.17, 15) is 0 Å². The summed E-state index contributed by atoms with van der Waals surface area (Å²) in [7, 11) is 0. The van der Waals surface area contributed by atoms with Gasteiger partial charge in [-0.25, -0.2) is 0 Å². The first-order chi connectivity index (χ1) is 6.42. The minimum Gasteiger partial charge on any atom is -0.330 e. The van der Waals surface area contributed by atoms with Gasteiger partial charge in [-0.15, -0.1) is 12.4 Å². The fraction of sp³-hybridized carbons (Fsp3) is 0.500. The van der Waals surface area contributed by atoms with Crippen LogP contribution in [-0.2, 0) is 0 Å². The lowest BCUT2D eigenvalue weighted by atomic mass is 9.73. The van der Waals surface area contributed by atoms with Crippen molar-refractivity contribution in [1.82, 2.24) is 0 Å². The van der Waals surface area contributed by atoms with Crippen molar-refractivity contribution in [3.05, 3.63) is 35.9 Å². The van der Waals surface area contributed by atoms with Crippen molar-refractivity contribution in [2.45, 2.75) is 25.2 Å². The lowest BCUT2D eigenvalue weighted by molar-refractivity contribution is 0.264. The molecule has 1 aromatic carbocycles. The van der Waals surface area contributed by atoms with Crippen molar-refractivity contribution in [2.75, 3.05) is 6.54 Å². The Labute approximate surface area is 92.1 Å². The van der Waals surface area contributed by atoms with E-state index in [1.807, 2.05) is 0 Å². The van der Waals surface area contributed by atoms with Crippen LogP contribution >= 0.6 is 12.4 Å². The van der Waals surface area contributed by atoms with Crippen LogP contribution in [-0.4, -0.2) is 6.54 Å². The Balaban J connectivity index is 0.000000980. The van der Waals surface area contributed by atoms with E-state index in [0.29, 0.717) is 5.92 Å². The van der Waals surface area contributed by atoms with E-state index < -0.39 is 0 Å². The van der Waals surface area contributed by atoms with Crippen LogP contribution in [0.25, 0.3) is 0 Å². The van der Waals surface area contributed by atoms with Gasteiger partial charge in [-0.3, -0.25) is 0 Å². The van der Waals surface area contributed by atoms with Crippen molar-refractivity contribution in [1.29, 1.82) is 0 Å². The zero-order valence-electron chi connectivity index (χ0n) is 8.36. The van der Waals surface area contributed by atoms with Gasteiger partial charge >= 0.3 is 0 Å². The Morgan fingerprint density at radius 2 is 1.86 bits per heavy atom. The molecule has 2 rings (SSSR count). The van der Waals surface area contributed by atoms with Crippen LogP contribution < -0.4 is 5.73 Å². The zero-order valence-corrected chi connectivity index (χ0v) is 9.17. The van der Waals surface area contributed by atoms with Gasteiger partial charge in [0.15, 0.2) is 0 Å². The van der Waals surface area contributed by atoms with Gasteiger partial charge in [-0.1, -0.05) is 36.8 Å². The van der Waals surface area contributed by atoms with E-state index in [4.69, 9.17) is 5.73 Å². The maximum Gasteiger partial charge on any atom is -0.000556 e. The smallest absolute Gasteiger partial charge is 0.000556 e. The molecule has 1 saturated carbocycles. The maximum atomic E-state index is 5.82. The number of nitrogens with two attached hydrogens (primary N) is 1. The highest BCUT2D eigenvalue weighted by Crippen LogP contribution is 2.38. The summed E-state index contributed by atoms with van der Waals surface area (Å²) in [5, 5.41) is 0. The monoisotopic (exact) mass is 211 g/mol. The minimum atomic E-state index is 0. The van der Waals surface area contributed by atoms with Crippen LogP contribution in [0.3, 0.4) is 0 Å². The maximum absolute atomic E-state index is 5.82. The first-order valence-electron chi connectivity index (χ1n) is 5.17. The third-order valence-corrected chi connectivity index (χ3v) is 3.20. The third-order valence-electron chi connectivity index (χ3n) is 3.20. The highest BCUT2D eigenvalue weighted by molar-refractivity contribution is 5.85. The fourth-order valence-electron chi connectivity index (χ4n) is 2.14. The van der Waals surface area contributed by atoms with E-state index >= 15 is 0 Å². The predicted octanol–water partition coefficient (Wildman–Crippen LogP) is 2.95. The molecule has 78 valence electrons. The van der Waals surface area contributed by atoms with Crippen LogP contribution in [0.15, 0.2) is 30.3 Å². The third kappa shape index (κ3) is 2.28. The molecule has 14 heavy (non-hydrogen) atoms. The number of halogens is 1. The molecule has 1 atom stereocenters. The summed E-state index contributed by atoms with van der Waals surface area (Å²) in [4.78, 5) is 0. The van der Waals surface area contributed by atoms with E-state index in [0.717, 1.165) is 12.5 Å². The van der Waals surface area contributed by atoms with Gasteiger partial charge in [0.2, 0.25) is 0 Å². The fourth-order valence-corrected chi connectivity index (χ4v) is 2.14. The van der Waals surface area contributed by atoms with Gasteiger partial charge in [0, 0.05) is 0 Å². The van der Waals surface area contributed by atoms with Crippen LogP contribution in [0.4, 0.5) is 0 Å². The summed E-state index contributed by atoms with van der Waals surface area (Å²) in [6.45, 7) is 0.800. The van der Waals surface area contributed by atoms with Crippen molar-refractivity contribution < 1.29 is 0 Å². The molecule has 0 bridgehead atoms. The molecule has 1 unspecified atom stereocenters. The highest BCUT2D eigenvalue weighted by Gasteiger charge is 2.26. The summed E-state index contributed by atoms with van der Waals surface area (Å²) in [6, 6.07) is 10.7. The SMILES string of the molecule is Cl.NCC(c1ccccc1)C1CCC1. The first kappa shape index (κ1) is 11.5. The number of hydrogen-bond donors (Lipinski definition) is 1. The van der Waals surface area contributed by atoms with Crippen molar-refractivity contribution in [3.8, 4) is 0 Å². The number of rotatable bonds is 3. The molecule has 1 aromatic rings. The van der Waals surface area contributed by atoms with Crippen LogP contribution in [0.2, 0.25) is 0 Å². The number of hydrogen-bond acceptors (Lipinski definition) is 1. The molecule has 2 heteroatoms. The second kappa shape index (κ2) is 5.38. The molecule has 0 amide bonds. The van der Waals surface area contributed by atoms with E-state index in [1.54, 1.807) is 0 Å².